The lowest BCUT2D eigenvalue weighted by atomic mass is 10.2. The van der Waals surface area contributed by atoms with Crippen molar-refractivity contribution in [2.75, 3.05) is 0 Å². The highest BCUT2D eigenvalue weighted by atomic mass is 16.3. The van der Waals surface area contributed by atoms with Gasteiger partial charge in [-0.15, -0.1) is 0 Å². The lowest BCUT2D eigenvalue weighted by Gasteiger charge is -1.96. The van der Waals surface area contributed by atoms with Crippen LogP contribution in [0.15, 0.2) is 24.8 Å². The van der Waals surface area contributed by atoms with Gasteiger partial charge in [-0.25, -0.2) is 0 Å². The lowest BCUT2D eigenvalue weighted by molar-refractivity contribution is 0.270. The van der Waals surface area contributed by atoms with Gasteiger partial charge in [0.25, 0.3) is 0 Å². The number of hydrogen-bond acceptors (Lipinski definition) is 2. The van der Waals surface area contributed by atoms with Crippen LogP contribution in [0.5, 0.6) is 0 Å². The predicted molar refractivity (Wildman–Crippen MR) is 63.3 cm³/mol. The molecule has 0 amide bonds. The van der Waals surface area contributed by atoms with Crippen LogP contribution in [-0.4, -0.2) is 22.4 Å². The number of allylic oxidation sites excluding steroid dienone is 1. The molecule has 0 aliphatic rings. The number of rotatable bonds is 6. The highest BCUT2D eigenvalue weighted by Crippen LogP contribution is 2.00. The molecule has 0 saturated heterocycles. The number of hydrogen-bond donors (Lipinski definition) is 2. The van der Waals surface area contributed by atoms with E-state index in [9.17, 15) is 5.11 Å². The van der Waals surface area contributed by atoms with E-state index < -0.39 is 12.2 Å². The summed E-state index contributed by atoms with van der Waals surface area (Å²) in [5.41, 5.74) is 0. The van der Waals surface area contributed by atoms with E-state index in [0.717, 1.165) is 12.8 Å². The molecule has 0 radical (unpaired) electrons. The van der Waals surface area contributed by atoms with Crippen LogP contribution in [0.2, 0.25) is 0 Å². The summed E-state index contributed by atoms with van der Waals surface area (Å²) in [6.07, 6.45) is 7.77. The molecular formula is C13H20O2. The second-order valence-corrected chi connectivity index (χ2v) is 3.34. The number of aliphatic hydroxyl groups is 2. The van der Waals surface area contributed by atoms with Gasteiger partial charge in [0.15, 0.2) is 0 Å². The normalized spacial score (nSPS) is 14.3. The minimum absolute atomic E-state index is 0.791. The topological polar surface area (TPSA) is 40.5 Å². The SMILES string of the molecule is C=C[C@H](O)C#C[C@H](O)/C=C\CCCCC. The summed E-state index contributed by atoms with van der Waals surface area (Å²) in [6, 6.07) is 0. The molecule has 0 aromatic rings. The second-order valence-electron chi connectivity index (χ2n) is 3.34. The van der Waals surface area contributed by atoms with E-state index >= 15 is 0 Å². The molecule has 84 valence electrons. The average molecular weight is 208 g/mol. The van der Waals surface area contributed by atoms with Crippen LogP contribution >= 0.6 is 0 Å². The molecule has 0 saturated carbocycles. The quantitative estimate of drug-likeness (QED) is 0.398. The van der Waals surface area contributed by atoms with Crippen molar-refractivity contribution in [3.05, 3.63) is 24.8 Å². The van der Waals surface area contributed by atoms with Crippen molar-refractivity contribution in [2.45, 2.75) is 44.8 Å². The van der Waals surface area contributed by atoms with Crippen LogP contribution in [0.3, 0.4) is 0 Å². The second kappa shape index (κ2) is 9.51. The summed E-state index contributed by atoms with van der Waals surface area (Å²) in [5.74, 6) is 4.99. The molecule has 0 unspecified atom stereocenters. The molecule has 0 aliphatic heterocycles. The monoisotopic (exact) mass is 208 g/mol. The standard InChI is InChI=1S/C13H20O2/c1-3-5-6-7-8-9-13(15)11-10-12(14)4-2/h4,8-9,12-15H,2-3,5-7H2,1H3/b9-8-/t12-,13+/m0/s1. The van der Waals surface area contributed by atoms with Crippen molar-refractivity contribution in [2.24, 2.45) is 0 Å². The van der Waals surface area contributed by atoms with Gasteiger partial charge in [0.1, 0.15) is 12.2 Å². The third-order valence-electron chi connectivity index (χ3n) is 1.90. The van der Waals surface area contributed by atoms with Crippen molar-refractivity contribution < 1.29 is 10.2 Å². The van der Waals surface area contributed by atoms with E-state index in [-0.39, 0.29) is 0 Å². The largest absolute Gasteiger partial charge is 0.377 e. The van der Waals surface area contributed by atoms with Gasteiger partial charge in [-0.2, -0.15) is 0 Å². The molecule has 0 spiro atoms. The Labute approximate surface area is 92.3 Å². The third-order valence-corrected chi connectivity index (χ3v) is 1.90. The van der Waals surface area contributed by atoms with Crippen molar-refractivity contribution in [3.63, 3.8) is 0 Å². The first-order valence-electron chi connectivity index (χ1n) is 5.37. The summed E-state index contributed by atoms with van der Waals surface area (Å²) < 4.78 is 0. The first-order chi connectivity index (χ1) is 7.20. The van der Waals surface area contributed by atoms with Gasteiger partial charge in [-0.05, 0) is 18.9 Å². The average Bonchev–Trinajstić information content (AvgIpc) is 2.25. The van der Waals surface area contributed by atoms with Crippen molar-refractivity contribution >= 4 is 0 Å². The summed E-state index contributed by atoms with van der Waals surface area (Å²) in [5, 5.41) is 18.4. The molecule has 0 heterocycles. The Morgan fingerprint density at radius 1 is 1.20 bits per heavy atom. The van der Waals surface area contributed by atoms with Crippen molar-refractivity contribution in [1.82, 2.24) is 0 Å². The molecule has 2 heteroatoms. The number of aliphatic hydroxyl groups excluding tert-OH is 2. The Morgan fingerprint density at radius 3 is 2.47 bits per heavy atom. The molecule has 2 atom stereocenters. The van der Waals surface area contributed by atoms with E-state index in [1.165, 1.54) is 18.9 Å². The van der Waals surface area contributed by atoms with Crippen LogP contribution in [0, 0.1) is 11.8 Å². The van der Waals surface area contributed by atoms with Gasteiger partial charge < -0.3 is 10.2 Å². The van der Waals surface area contributed by atoms with Gasteiger partial charge in [0, 0.05) is 0 Å². The Hall–Kier alpha value is -1.04. The van der Waals surface area contributed by atoms with E-state index in [2.05, 4.69) is 25.3 Å². The Morgan fingerprint density at radius 2 is 1.87 bits per heavy atom. The molecule has 2 nitrogen and oxygen atoms in total. The maximum absolute atomic E-state index is 9.34. The maximum Gasteiger partial charge on any atom is 0.133 e. The first kappa shape index (κ1) is 14.0. The van der Waals surface area contributed by atoms with Gasteiger partial charge in [0.2, 0.25) is 0 Å². The molecule has 2 N–H and O–H groups in total. The van der Waals surface area contributed by atoms with E-state index in [4.69, 9.17) is 5.11 Å². The molecule has 0 aliphatic carbocycles. The van der Waals surface area contributed by atoms with Gasteiger partial charge in [0.05, 0.1) is 0 Å². The molecule has 0 bridgehead atoms. The molecule has 0 aromatic carbocycles. The third kappa shape index (κ3) is 9.27. The molecule has 15 heavy (non-hydrogen) atoms. The predicted octanol–water partition coefficient (Wildman–Crippen LogP) is 2.03. The zero-order valence-electron chi connectivity index (χ0n) is 9.32. The maximum atomic E-state index is 9.34. The summed E-state index contributed by atoms with van der Waals surface area (Å²) in [7, 11) is 0. The number of unbranched alkanes of at least 4 members (excludes halogenated alkanes) is 3. The highest BCUT2D eigenvalue weighted by Gasteiger charge is 1.92. The first-order valence-corrected chi connectivity index (χ1v) is 5.37. The Bertz CT molecular complexity index is 245. The van der Waals surface area contributed by atoms with Crippen LogP contribution in [-0.2, 0) is 0 Å². The van der Waals surface area contributed by atoms with E-state index in [1.54, 1.807) is 6.08 Å². The minimum atomic E-state index is -0.854. The van der Waals surface area contributed by atoms with Gasteiger partial charge >= 0.3 is 0 Å². The van der Waals surface area contributed by atoms with Crippen LogP contribution in [0.1, 0.15) is 32.6 Å². The Kier molecular flexibility index (Phi) is 8.85. The highest BCUT2D eigenvalue weighted by molar-refractivity contribution is 5.17. The smallest absolute Gasteiger partial charge is 0.133 e. The van der Waals surface area contributed by atoms with Crippen LogP contribution in [0.4, 0.5) is 0 Å². The van der Waals surface area contributed by atoms with Crippen LogP contribution < -0.4 is 0 Å². The summed E-state index contributed by atoms with van der Waals surface area (Å²) in [6.45, 7) is 5.54. The summed E-state index contributed by atoms with van der Waals surface area (Å²) >= 11 is 0. The van der Waals surface area contributed by atoms with Gasteiger partial charge in [-0.1, -0.05) is 50.3 Å². The fourth-order valence-electron chi connectivity index (χ4n) is 1.02. The molecule has 0 aromatic heterocycles. The molecule has 0 rings (SSSR count). The molecular weight excluding hydrogens is 188 g/mol. The van der Waals surface area contributed by atoms with Gasteiger partial charge in [-0.3, -0.25) is 0 Å². The fraction of sp³-hybridized carbons (Fsp3) is 0.538. The van der Waals surface area contributed by atoms with E-state index in [1.807, 2.05) is 6.08 Å². The zero-order valence-corrected chi connectivity index (χ0v) is 9.32. The lowest BCUT2D eigenvalue weighted by Crippen LogP contribution is -2.01. The van der Waals surface area contributed by atoms with Crippen molar-refractivity contribution in [3.8, 4) is 11.8 Å². The fourth-order valence-corrected chi connectivity index (χ4v) is 1.02. The molecule has 0 fully saturated rings. The Balaban J connectivity index is 3.75. The van der Waals surface area contributed by atoms with E-state index in [0.29, 0.717) is 0 Å². The minimum Gasteiger partial charge on any atom is -0.377 e. The zero-order chi connectivity index (χ0) is 11.5. The van der Waals surface area contributed by atoms with Crippen molar-refractivity contribution in [1.29, 1.82) is 0 Å². The summed E-state index contributed by atoms with van der Waals surface area (Å²) in [4.78, 5) is 0. The van der Waals surface area contributed by atoms with Crippen LogP contribution in [0.25, 0.3) is 0 Å².